The van der Waals surface area contributed by atoms with Crippen LogP contribution in [-0.4, -0.2) is 94.4 Å². The molecule has 41 heavy (non-hydrogen) atoms. The fourth-order valence-corrected chi connectivity index (χ4v) is 7.50. The lowest BCUT2D eigenvalue weighted by Crippen LogP contribution is -2.58. The van der Waals surface area contributed by atoms with Crippen LogP contribution in [0.25, 0.3) is 0 Å². The smallest absolute Gasteiger partial charge is 0.259 e. The third kappa shape index (κ3) is 7.22. The number of hydrogen-bond donors (Lipinski definition) is 2. The number of ether oxygens (including phenoxy) is 1. The average molecular weight is 682 g/mol. The van der Waals surface area contributed by atoms with E-state index < -0.39 is 15.6 Å². The van der Waals surface area contributed by atoms with Crippen molar-refractivity contribution in [2.75, 3.05) is 44.3 Å². The van der Waals surface area contributed by atoms with Gasteiger partial charge in [0.15, 0.2) is 9.33 Å². The van der Waals surface area contributed by atoms with Crippen molar-refractivity contribution in [3.8, 4) is 0 Å². The summed E-state index contributed by atoms with van der Waals surface area (Å²) in [6.45, 7) is 11.4. The molecule has 3 fully saturated rings. The van der Waals surface area contributed by atoms with Crippen molar-refractivity contribution in [3.05, 3.63) is 29.8 Å². The number of halogens is 1. The molecule has 1 aromatic carbocycles. The minimum atomic E-state index is -1.24. The largest absolute Gasteiger partial charge is 0.378 e. The Morgan fingerprint density at radius 2 is 1.68 bits per heavy atom. The number of amides is 3. The first-order valence-corrected chi connectivity index (χ1v) is 15.8. The number of carbonyl (C=O) groups is 4. The van der Waals surface area contributed by atoms with Gasteiger partial charge < -0.3 is 30.5 Å². The van der Waals surface area contributed by atoms with Crippen molar-refractivity contribution in [1.29, 1.82) is 0 Å². The molecule has 0 spiro atoms. The van der Waals surface area contributed by atoms with Gasteiger partial charge in [0.25, 0.3) is 11.8 Å². The standard InChI is InChI=1S/C30H44IN5O5/c1-19(2)5-10-23(32)28(39)36-18-25(37)26-24(36)11-12-35(26)29(40)30(31,17-20(3)4)33-27(38)21-6-8-22(9-7-21)34-13-15-41-16-14-34/h6-9,19-20,23-24,26H,5,10-18,32H2,1-4H3,(H,33,38). The van der Waals surface area contributed by atoms with Gasteiger partial charge in [-0.2, -0.15) is 0 Å². The average Bonchev–Trinajstić information content (AvgIpc) is 3.52. The summed E-state index contributed by atoms with van der Waals surface area (Å²) in [7, 11) is 0. The lowest BCUT2D eigenvalue weighted by atomic mass is 10.0. The number of hydrogen-bond acceptors (Lipinski definition) is 7. The van der Waals surface area contributed by atoms with Crippen molar-refractivity contribution < 1.29 is 23.9 Å². The van der Waals surface area contributed by atoms with E-state index in [4.69, 9.17) is 10.5 Å². The highest BCUT2D eigenvalue weighted by molar-refractivity contribution is 14.1. The normalized spacial score (nSPS) is 23.1. The minimum Gasteiger partial charge on any atom is -0.378 e. The Kier molecular flexibility index (Phi) is 10.3. The topological polar surface area (TPSA) is 125 Å². The second-order valence-electron chi connectivity index (χ2n) is 12.3. The highest BCUT2D eigenvalue weighted by Crippen LogP contribution is 2.36. The van der Waals surface area contributed by atoms with Crippen LogP contribution in [0, 0.1) is 11.8 Å². The molecule has 0 saturated carbocycles. The lowest BCUT2D eigenvalue weighted by molar-refractivity contribution is -0.138. The van der Waals surface area contributed by atoms with Crippen molar-refractivity contribution in [2.45, 2.75) is 75.0 Å². The van der Waals surface area contributed by atoms with E-state index >= 15 is 0 Å². The predicted molar refractivity (Wildman–Crippen MR) is 166 cm³/mol. The van der Waals surface area contributed by atoms with Crippen molar-refractivity contribution >= 4 is 51.8 Å². The number of morpholine rings is 1. The second kappa shape index (κ2) is 13.4. The molecule has 3 heterocycles. The van der Waals surface area contributed by atoms with Crippen LogP contribution >= 0.6 is 22.6 Å². The predicted octanol–water partition coefficient (Wildman–Crippen LogP) is 2.57. The van der Waals surface area contributed by atoms with Gasteiger partial charge in [-0.25, -0.2) is 0 Å². The van der Waals surface area contributed by atoms with Crippen LogP contribution in [0.1, 0.15) is 63.7 Å². The highest BCUT2D eigenvalue weighted by Gasteiger charge is 2.55. The fourth-order valence-electron chi connectivity index (χ4n) is 6.07. The zero-order chi connectivity index (χ0) is 29.9. The van der Waals surface area contributed by atoms with Crippen LogP contribution in [0.3, 0.4) is 0 Å². The SMILES string of the molecule is CC(C)CCC(N)C(=O)N1CC(=O)C2C1CCN2C(=O)C(I)(CC(C)C)NC(=O)c1ccc(N2CCOCC2)cc1. The summed E-state index contributed by atoms with van der Waals surface area (Å²) in [5.74, 6) is -0.490. The van der Waals surface area contributed by atoms with E-state index in [0.29, 0.717) is 50.5 Å². The molecular weight excluding hydrogens is 637 g/mol. The molecule has 4 unspecified atom stereocenters. The van der Waals surface area contributed by atoms with Crippen LogP contribution in [0.15, 0.2) is 24.3 Å². The van der Waals surface area contributed by atoms with E-state index in [2.05, 4.69) is 24.1 Å². The summed E-state index contributed by atoms with van der Waals surface area (Å²) in [6.07, 6.45) is 2.30. The number of fused-ring (bicyclic) bond motifs is 1. The number of rotatable bonds is 10. The molecule has 0 bridgehead atoms. The highest BCUT2D eigenvalue weighted by atomic mass is 127. The Labute approximate surface area is 256 Å². The van der Waals surface area contributed by atoms with Gasteiger partial charge >= 0.3 is 0 Å². The second-order valence-corrected chi connectivity index (χ2v) is 14.2. The van der Waals surface area contributed by atoms with Crippen LogP contribution in [0.2, 0.25) is 0 Å². The zero-order valence-electron chi connectivity index (χ0n) is 24.6. The van der Waals surface area contributed by atoms with Crippen LogP contribution < -0.4 is 16.0 Å². The molecule has 3 N–H and O–H groups in total. The van der Waals surface area contributed by atoms with E-state index in [1.807, 2.05) is 48.6 Å². The quantitative estimate of drug-likeness (QED) is 0.221. The number of benzene rings is 1. The first-order chi connectivity index (χ1) is 19.4. The van der Waals surface area contributed by atoms with E-state index in [9.17, 15) is 19.2 Å². The summed E-state index contributed by atoms with van der Waals surface area (Å²) in [6, 6.07) is 5.62. The molecular formula is C30H44IN5O5. The number of anilines is 1. The molecule has 0 aromatic heterocycles. The first kappa shape index (κ1) is 31.7. The maximum Gasteiger partial charge on any atom is 0.259 e. The molecule has 10 nitrogen and oxygen atoms in total. The maximum atomic E-state index is 14.1. The van der Waals surface area contributed by atoms with E-state index in [0.717, 1.165) is 25.2 Å². The molecule has 0 aliphatic carbocycles. The Morgan fingerprint density at radius 1 is 1.02 bits per heavy atom. The van der Waals surface area contributed by atoms with E-state index in [-0.39, 0.29) is 42.0 Å². The molecule has 4 atom stereocenters. The molecule has 3 amide bonds. The molecule has 0 radical (unpaired) electrons. The number of ketones is 1. The van der Waals surface area contributed by atoms with Gasteiger partial charge in [0.2, 0.25) is 5.91 Å². The minimum absolute atomic E-state index is 0.0341. The number of carbonyl (C=O) groups excluding carboxylic acids is 4. The number of alkyl halides is 1. The van der Waals surface area contributed by atoms with E-state index in [1.54, 1.807) is 21.9 Å². The van der Waals surface area contributed by atoms with E-state index in [1.165, 1.54) is 0 Å². The Bertz CT molecular complexity index is 1120. The van der Waals surface area contributed by atoms with Crippen LogP contribution in [0.5, 0.6) is 0 Å². The van der Waals surface area contributed by atoms with Gasteiger partial charge in [0.1, 0.15) is 6.04 Å². The Balaban J connectivity index is 1.47. The molecule has 3 aliphatic heterocycles. The number of nitrogens with zero attached hydrogens (tertiary/aromatic N) is 3. The zero-order valence-corrected chi connectivity index (χ0v) is 26.8. The number of Topliss-reactive ketones (excluding diaryl/α,β-unsaturated/α-hetero) is 1. The fraction of sp³-hybridized carbons (Fsp3) is 0.667. The summed E-state index contributed by atoms with van der Waals surface area (Å²) in [4.78, 5) is 59.3. The van der Waals surface area contributed by atoms with Gasteiger partial charge in [0.05, 0.1) is 31.8 Å². The van der Waals surface area contributed by atoms with Crippen molar-refractivity contribution in [3.63, 3.8) is 0 Å². The molecule has 3 saturated heterocycles. The monoisotopic (exact) mass is 681 g/mol. The van der Waals surface area contributed by atoms with Gasteiger partial charge in [-0.3, -0.25) is 19.2 Å². The number of nitrogens with one attached hydrogen (secondary N) is 1. The van der Waals surface area contributed by atoms with Gasteiger partial charge in [-0.1, -0.05) is 27.7 Å². The number of likely N-dealkylation sites (tertiary alicyclic amines) is 2. The molecule has 3 aliphatic rings. The van der Waals surface area contributed by atoms with Gasteiger partial charge in [-0.15, -0.1) is 0 Å². The Morgan fingerprint density at radius 3 is 2.29 bits per heavy atom. The molecule has 4 rings (SSSR count). The first-order valence-electron chi connectivity index (χ1n) is 14.7. The summed E-state index contributed by atoms with van der Waals surface area (Å²) < 4.78 is 4.18. The lowest BCUT2D eigenvalue weighted by Gasteiger charge is -2.35. The van der Waals surface area contributed by atoms with Crippen molar-refractivity contribution in [2.24, 2.45) is 17.6 Å². The summed E-state index contributed by atoms with van der Waals surface area (Å²) in [5.41, 5.74) is 7.70. The third-order valence-electron chi connectivity index (χ3n) is 8.18. The summed E-state index contributed by atoms with van der Waals surface area (Å²) in [5, 5.41) is 3.00. The molecule has 226 valence electrons. The van der Waals surface area contributed by atoms with Gasteiger partial charge in [-0.05, 0) is 84.4 Å². The van der Waals surface area contributed by atoms with Gasteiger partial charge in [0, 0.05) is 30.9 Å². The third-order valence-corrected chi connectivity index (χ3v) is 9.36. The maximum absolute atomic E-state index is 14.1. The molecule has 11 heteroatoms. The van der Waals surface area contributed by atoms with Crippen molar-refractivity contribution in [1.82, 2.24) is 15.1 Å². The van der Waals surface area contributed by atoms with Crippen LogP contribution in [0.4, 0.5) is 5.69 Å². The number of nitrogens with two attached hydrogens (primary N) is 1. The van der Waals surface area contributed by atoms with Crippen LogP contribution in [-0.2, 0) is 19.1 Å². The Hall–Kier alpha value is -2.25. The summed E-state index contributed by atoms with van der Waals surface area (Å²) >= 11 is 2.04. The molecule has 1 aromatic rings.